The van der Waals surface area contributed by atoms with Crippen molar-refractivity contribution in [3.05, 3.63) is 64.7 Å². The molecule has 0 bridgehead atoms. The number of anilines is 1. The van der Waals surface area contributed by atoms with Crippen molar-refractivity contribution in [3.63, 3.8) is 0 Å². The molecule has 2 aromatic rings. The van der Waals surface area contributed by atoms with Crippen molar-refractivity contribution in [1.82, 2.24) is 4.90 Å². The van der Waals surface area contributed by atoms with E-state index >= 15 is 0 Å². The molecule has 6 nitrogen and oxygen atoms in total. The first-order valence-corrected chi connectivity index (χ1v) is 12.9. The van der Waals surface area contributed by atoms with E-state index in [-0.39, 0.29) is 6.03 Å². The van der Waals surface area contributed by atoms with E-state index in [2.05, 4.69) is 18.3 Å². The van der Waals surface area contributed by atoms with Gasteiger partial charge in [0.15, 0.2) is 6.10 Å². The number of carbonyl (C=O) groups is 2. The monoisotopic (exact) mass is 482 g/mol. The molecule has 0 saturated heterocycles. The summed E-state index contributed by atoms with van der Waals surface area (Å²) in [5, 5.41) is 12.4. The third kappa shape index (κ3) is 10.1. The van der Waals surface area contributed by atoms with E-state index in [1.807, 2.05) is 55.1 Å². The predicted molar refractivity (Wildman–Crippen MR) is 142 cm³/mol. The van der Waals surface area contributed by atoms with E-state index in [1.165, 1.54) is 24.8 Å². The summed E-state index contributed by atoms with van der Waals surface area (Å²) in [7, 11) is 0. The van der Waals surface area contributed by atoms with Crippen LogP contribution in [0.3, 0.4) is 0 Å². The second-order valence-corrected chi connectivity index (χ2v) is 9.20. The first kappa shape index (κ1) is 28.4. The topological polar surface area (TPSA) is 78.9 Å². The summed E-state index contributed by atoms with van der Waals surface area (Å²) in [6, 6.07) is 13.9. The highest BCUT2D eigenvalue weighted by molar-refractivity contribution is 5.90. The number of carboxylic acid groups (broad SMARTS) is 1. The number of amides is 2. The number of hydrogen-bond donors (Lipinski definition) is 2. The summed E-state index contributed by atoms with van der Waals surface area (Å²) in [5.74, 6) is -0.944. The molecule has 35 heavy (non-hydrogen) atoms. The molecule has 192 valence electrons. The molecule has 0 aliphatic rings. The predicted octanol–water partition coefficient (Wildman–Crippen LogP) is 6.38. The second kappa shape index (κ2) is 15.2. The van der Waals surface area contributed by atoms with Crippen LogP contribution in [0.4, 0.5) is 10.5 Å². The van der Waals surface area contributed by atoms with Crippen molar-refractivity contribution in [1.29, 1.82) is 0 Å². The number of urea groups is 1. The molecule has 1 unspecified atom stereocenters. The molecule has 0 aliphatic carbocycles. The van der Waals surface area contributed by atoms with Gasteiger partial charge in [0, 0.05) is 31.8 Å². The Balaban J connectivity index is 2.00. The Morgan fingerprint density at radius 1 is 0.943 bits per heavy atom. The lowest BCUT2D eigenvalue weighted by molar-refractivity contribution is -0.149. The standard InChI is InChI=1S/C29H42N2O4/c1-5-7-8-9-10-18-31(29(34)30-26-16-11-22(3)20-23(26)4)19-17-24-12-14-25(15-13-24)21-27(28(32)33)35-6-2/h11-16,20,27H,5-10,17-19,21H2,1-4H3,(H,30,34)(H,32,33). The Hall–Kier alpha value is -2.86. The minimum atomic E-state index is -0.944. The van der Waals surface area contributed by atoms with Crippen molar-refractivity contribution >= 4 is 17.7 Å². The molecule has 1 atom stereocenters. The van der Waals surface area contributed by atoms with Crippen LogP contribution in [0.1, 0.15) is 68.2 Å². The molecule has 0 fully saturated rings. The largest absolute Gasteiger partial charge is 0.479 e. The normalized spacial score (nSPS) is 11.8. The maximum absolute atomic E-state index is 13.1. The molecule has 0 heterocycles. The van der Waals surface area contributed by atoms with Gasteiger partial charge in [0.2, 0.25) is 0 Å². The van der Waals surface area contributed by atoms with Crippen LogP contribution >= 0.6 is 0 Å². The van der Waals surface area contributed by atoms with Crippen molar-refractivity contribution in [3.8, 4) is 0 Å². The van der Waals surface area contributed by atoms with Gasteiger partial charge in [-0.05, 0) is 56.4 Å². The minimum Gasteiger partial charge on any atom is -0.479 e. The average molecular weight is 483 g/mol. The van der Waals surface area contributed by atoms with E-state index in [1.54, 1.807) is 6.92 Å². The summed E-state index contributed by atoms with van der Waals surface area (Å²) in [4.78, 5) is 26.4. The number of hydrogen-bond acceptors (Lipinski definition) is 3. The molecule has 0 saturated carbocycles. The summed E-state index contributed by atoms with van der Waals surface area (Å²) >= 11 is 0. The van der Waals surface area contributed by atoms with Crippen molar-refractivity contribution in [2.75, 3.05) is 25.0 Å². The number of unbranched alkanes of at least 4 members (excludes halogenated alkanes) is 4. The van der Waals surface area contributed by atoms with E-state index < -0.39 is 12.1 Å². The minimum absolute atomic E-state index is 0.0647. The molecule has 2 aromatic carbocycles. The number of nitrogens with zero attached hydrogens (tertiary/aromatic N) is 1. The number of aryl methyl sites for hydroxylation is 2. The third-order valence-electron chi connectivity index (χ3n) is 6.20. The van der Waals surface area contributed by atoms with E-state index in [0.29, 0.717) is 19.6 Å². The van der Waals surface area contributed by atoms with Crippen LogP contribution in [0.5, 0.6) is 0 Å². The molecule has 0 aliphatic heterocycles. The molecular formula is C29H42N2O4. The van der Waals surface area contributed by atoms with E-state index in [9.17, 15) is 14.7 Å². The van der Waals surface area contributed by atoms with Crippen LogP contribution in [0, 0.1) is 13.8 Å². The maximum Gasteiger partial charge on any atom is 0.333 e. The SMILES string of the molecule is CCCCCCCN(CCc1ccc(CC(OCC)C(=O)O)cc1)C(=O)Nc1ccc(C)cc1C. The number of aliphatic carboxylic acids is 1. The number of carbonyl (C=O) groups excluding carboxylic acids is 1. The summed E-state index contributed by atoms with van der Waals surface area (Å²) in [6.07, 6.45) is 5.99. The van der Waals surface area contributed by atoms with Gasteiger partial charge in [-0.2, -0.15) is 0 Å². The lowest BCUT2D eigenvalue weighted by atomic mass is 10.0. The highest BCUT2D eigenvalue weighted by atomic mass is 16.5. The van der Waals surface area contributed by atoms with E-state index in [0.717, 1.165) is 48.2 Å². The van der Waals surface area contributed by atoms with Crippen molar-refractivity contribution < 1.29 is 19.4 Å². The lowest BCUT2D eigenvalue weighted by Crippen LogP contribution is -2.37. The Kier molecular flexibility index (Phi) is 12.3. The van der Waals surface area contributed by atoms with Crippen LogP contribution in [0.15, 0.2) is 42.5 Å². The van der Waals surface area contributed by atoms with Gasteiger partial charge in [-0.1, -0.05) is 74.6 Å². The zero-order chi connectivity index (χ0) is 25.6. The fraction of sp³-hybridized carbons (Fsp3) is 0.517. The Morgan fingerprint density at radius 3 is 2.26 bits per heavy atom. The molecule has 0 spiro atoms. The third-order valence-corrected chi connectivity index (χ3v) is 6.20. The van der Waals surface area contributed by atoms with Gasteiger partial charge in [-0.3, -0.25) is 0 Å². The molecule has 2 rings (SSSR count). The van der Waals surface area contributed by atoms with Crippen LogP contribution in [-0.4, -0.2) is 47.8 Å². The van der Waals surface area contributed by atoms with E-state index in [4.69, 9.17) is 4.74 Å². The Labute approximate surface area is 210 Å². The first-order valence-electron chi connectivity index (χ1n) is 12.9. The van der Waals surface area contributed by atoms with Gasteiger partial charge in [0.25, 0.3) is 0 Å². The highest BCUT2D eigenvalue weighted by Gasteiger charge is 2.18. The highest BCUT2D eigenvalue weighted by Crippen LogP contribution is 2.17. The fourth-order valence-electron chi connectivity index (χ4n) is 4.11. The van der Waals surface area contributed by atoms with Crippen molar-refractivity contribution in [2.45, 2.75) is 78.7 Å². The van der Waals surface area contributed by atoms with Crippen molar-refractivity contribution in [2.24, 2.45) is 0 Å². The molecule has 6 heteroatoms. The number of ether oxygens (including phenoxy) is 1. The van der Waals surface area contributed by atoms with Gasteiger partial charge in [-0.25, -0.2) is 9.59 Å². The lowest BCUT2D eigenvalue weighted by Gasteiger charge is -2.24. The van der Waals surface area contributed by atoms with Crippen LogP contribution < -0.4 is 5.32 Å². The van der Waals surface area contributed by atoms with Crippen LogP contribution in [-0.2, 0) is 22.4 Å². The zero-order valence-electron chi connectivity index (χ0n) is 21.8. The van der Waals surface area contributed by atoms with Crippen LogP contribution in [0.25, 0.3) is 0 Å². The number of carboxylic acids is 1. The number of benzene rings is 2. The second-order valence-electron chi connectivity index (χ2n) is 9.20. The first-order chi connectivity index (χ1) is 16.8. The molecule has 2 N–H and O–H groups in total. The zero-order valence-corrected chi connectivity index (χ0v) is 21.8. The Bertz CT molecular complexity index is 927. The smallest absolute Gasteiger partial charge is 0.333 e. The number of nitrogens with one attached hydrogen (secondary N) is 1. The average Bonchev–Trinajstić information content (AvgIpc) is 2.83. The Morgan fingerprint density at radius 2 is 1.63 bits per heavy atom. The van der Waals surface area contributed by atoms with Gasteiger partial charge in [0.1, 0.15) is 0 Å². The molecule has 0 aromatic heterocycles. The summed E-state index contributed by atoms with van der Waals surface area (Å²) < 4.78 is 5.32. The molecular weight excluding hydrogens is 440 g/mol. The van der Waals surface area contributed by atoms with Gasteiger partial charge >= 0.3 is 12.0 Å². The summed E-state index contributed by atoms with van der Waals surface area (Å²) in [6.45, 7) is 9.78. The maximum atomic E-state index is 13.1. The van der Waals surface area contributed by atoms with Gasteiger partial charge in [0.05, 0.1) is 0 Å². The number of rotatable bonds is 15. The quantitative estimate of drug-likeness (QED) is 0.289. The summed E-state index contributed by atoms with van der Waals surface area (Å²) in [5.41, 5.74) is 5.13. The molecule has 0 radical (unpaired) electrons. The van der Waals surface area contributed by atoms with Crippen LogP contribution in [0.2, 0.25) is 0 Å². The van der Waals surface area contributed by atoms with Gasteiger partial charge < -0.3 is 20.1 Å². The molecule has 2 amide bonds. The fourth-order valence-corrected chi connectivity index (χ4v) is 4.11. The van der Waals surface area contributed by atoms with Gasteiger partial charge in [-0.15, -0.1) is 0 Å².